The third-order valence-electron chi connectivity index (χ3n) is 3.21. The normalized spacial score (nSPS) is 12.2. The van der Waals surface area contributed by atoms with Gasteiger partial charge in [0.2, 0.25) is 0 Å². The van der Waals surface area contributed by atoms with Crippen molar-refractivity contribution in [2.45, 2.75) is 19.6 Å². The second-order valence-electron chi connectivity index (χ2n) is 4.57. The highest BCUT2D eigenvalue weighted by molar-refractivity contribution is 6.30. The summed E-state index contributed by atoms with van der Waals surface area (Å²) in [7, 11) is 1.87. The Morgan fingerprint density at radius 1 is 1.25 bits per heavy atom. The zero-order chi connectivity index (χ0) is 14.5. The van der Waals surface area contributed by atoms with E-state index in [4.69, 9.17) is 16.3 Å². The Hall–Kier alpha value is -1.58. The van der Waals surface area contributed by atoms with Crippen LogP contribution < -0.4 is 10.1 Å². The summed E-state index contributed by atoms with van der Waals surface area (Å²) in [6.45, 7) is 2.21. The fourth-order valence-corrected chi connectivity index (χ4v) is 2.10. The number of nitrogens with one attached hydrogen (secondary N) is 1. The van der Waals surface area contributed by atoms with Gasteiger partial charge >= 0.3 is 0 Å². The lowest BCUT2D eigenvalue weighted by molar-refractivity contribution is 0.294. The van der Waals surface area contributed by atoms with Gasteiger partial charge in [-0.15, -0.1) is 0 Å². The molecule has 2 nitrogen and oxygen atoms in total. The first-order chi connectivity index (χ1) is 9.61. The zero-order valence-corrected chi connectivity index (χ0v) is 12.2. The number of benzene rings is 2. The summed E-state index contributed by atoms with van der Waals surface area (Å²) in [5.74, 6) is 0.448. The van der Waals surface area contributed by atoms with E-state index < -0.39 is 0 Å². The maximum atomic E-state index is 13.6. The van der Waals surface area contributed by atoms with Crippen molar-refractivity contribution in [1.29, 1.82) is 0 Å². The predicted octanol–water partition coefficient (Wildman–Crippen LogP) is 4.34. The van der Waals surface area contributed by atoms with Gasteiger partial charge in [0, 0.05) is 22.2 Å². The molecular formula is C16H17ClFNO. The molecular weight excluding hydrogens is 277 g/mol. The third kappa shape index (κ3) is 3.50. The van der Waals surface area contributed by atoms with Gasteiger partial charge in [0.1, 0.15) is 18.2 Å². The van der Waals surface area contributed by atoms with E-state index in [0.29, 0.717) is 16.3 Å². The van der Waals surface area contributed by atoms with Gasteiger partial charge in [0.15, 0.2) is 0 Å². The lowest BCUT2D eigenvalue weighted by atomic mass is 10.1. The molecule has 0 aliphatic heterocycles. The van der Waals surface area contributed by atoms with E-state index in [1.54, 1.807) is 24.3 Å². The lowest BCUT2D eigenvalue weighted by Crippen LogP contribution is -2.14. The van der Waals surface area contributed by atoms with E-state index in [9.17, 15) is 4.39 Å². The highest BCUT2D eigenvalue weighted by atomic mass is 35.5. The van der Waals surface area contributed by atoms with Crippen LogP contribution in [0.4, 0.5) is 4.39 Å². The fourth-order valence-electron chi connectivity index (χ4n) is 1.92. The Labute approximate surface area is 123 Å². The minimum absolute atomic E-state index is 0.101. The minimum Gasteiger partial charge on any atom is -0.488 e. The van der Waals surface area contributed by atoms with Crippen LogP contribution in [0, 0.1) is 5.82 Å². The van der Waals surface area contributed by atoms with Crippen molar-refractivity contribution in [1.82, 2.24) is 5.32 Å². The van der Waals surface area contributed by atoms with E-state index in [0.717, 1.165) is 5.56 Å². The van der Waals surface area contributed by atoms with Gasteiger partial charge in [-0.2, -0.15) is 0 Å². The Bertz CT molecular complexity index is 588. The van der Waals surface area contributed by atoms with Crippen LogP contribution in [0.5, 0.6) is 5.75 Å². The number of halogens is 2. The number of hydrogen-bond donors (Lipinski definition) is 1. The standard InChI is InChI=1S/C16H17ClFNO/c1-11(19-2)14-9-13(17)7-8-16(14)20-10-12-5-3-4-6-15(12)18/h3-9,11,19H,10H2,1-2H3. The van der Waals surface area contributed by atoms with Crippen molar-refractivity contribution in [2.24, 2.45) is 0 Å². The van der Waals surface area contributed by atoms with E-state index in [-0.39, 0.29) is 18.5 Å². The van der Waals surface area contributed by atoms with Crippen molar-refractivity contribution in [2.75, 3.05) is 7.05 Å². The first-order valence-electron chi connectivity index (χ1n) is 6.44. The van der Waals surface area contributed by atoms with Crippen LogP contribution in [0.3, 0.4) is 0 Å². The smallest absolute Gasteiger partial charge is 0.129 e. The molecule has 0 spiro atoms. The molecule has 0 heterocycles. The third-order valence-corrected chi connectivity index (χ3v) is 3.45. The molecule has 2 rings (SSSR count). The highest BCUT2D eigenvalue weighted by Crippen LogP contribution is 2.29. The van der Waals surface area contributed by atoms with Crippen LogP contribution in [0.15, 0.2) is 42.5 Å². The molecule has 0 radical (unpaired) electrons. The molecule has 0 bridgehead atoms. The average molecular weight is 294 g/mol. The van der Waals surface area contributed by atoms with E-state index in [1.165, 1.54) is 6.07 Å². The lowest BCUT2D eigenvalue weighted by Gasteiger charge is -2.17. The van der Waals surface area contributed by atoms with Crippen LogP contribution in [0.2, 0.25) is 5.02 Å². The van der Waals surface area contributed by atoms with Crippen LogP contribution in [0.25, 0.3) is 0 Å². The van der Waals surface area contributed by atoms with E-state index >= 15 is 0 Å². The highest BCUT2D eigenvalue weighted by Gasteiger charge is 2.11. The number of rotatable bonds is 5. The SMILES string of the molecule is CNC(C)c1cc(Cl)ccc1OCc1ccccc1F. The molecule has 0 fully saturated rings. The summed E-state index contributed by atoms with van der Waals surface area (Å²) in [5.41, 5.74) is 1.49. The van der Waals surface area contributed by atoms with Gasteiger partial charge in [-0.25, -0.2) is 4.39 Å². The maximum absolute atomic E-state index is 13.6. The summed E-state index contributed by atoms with van der Waals surface area (Å²) in [4.78, 5) is 0. The van der Waals surface area contributed by atoms with Gasteiger partial charge < -0.3 is 10.1 Å². The minimum atomic E-state index is -0.260. The van der Waals surface area contributed by atoms with Crippen LogP contribution >= 0.6 is 11.6 Å². The molecule has 2 aromatic rings. The quantitative estimate of drug-likeness (QED) is 0.885. The van der Waals surface area contributed by atoms with Crippen molar-refractivity contribution in [3.8, 4) is 5.75 Å². The second kappa shape index (κ2) is 6.73. The molecule has 0 aliphatic rings. The predicted molar refractivity (Wildman–Crippen MR) is 79.7 cm³/mol. The molecule has 0 aliphatic carbocycles. The van der Waals surface area contributed by atoms with Gasteiger partial charge in [-0.05, 0) is 38.2 Å². The molecule has 4 heteroatoms. The van der Waals surface area contributed by atoms with E-state index in [1.807, 2.05) is 26.1 Å². The Kier molecular flexibility index (Phi) is 4.99. The summed E-state index contributed by atoms with van der Waals surface area (Å²) >= 11 is 6.02. The van der Waals surface area contributed by atoms with Crippen molar-refractivity contribution in [3.05, 3.63) is 64.4 Å². The molecule has 0 aromatic heterocycles. The van der Waals surface area contributed by atoms with Crippen LogP contribution in [0.1, 0.15) is 24.1 Å². The summed E-state index contributed by atoms with van der Waals surface area (Å²) in [5, 5.41) is 3.80. The molecule has 2 aromatic carbocycles. The monoisotopic (exact) mass is 293 g/mol. The Balaban J connectivity index is 2.19. The number of hydrogen-bond acceptors (Lipinski definition) is 2. The Morgan fingerprint density at radius 2 is 2.00 bits per heavy atom. The van der Waals surface area contributed by atoms with Crippen molar-refractivity contribution < 1.29 is 9.13 Å². The molecule has 0 saturated heterocycles. The molecule has 1 N–H and O–H groups in total. The first-order valence-corrected chi connectivity index (χ1v) is 6.82. The van der Waals surface area contributed by atoms with Gasteiger partial charge in [-0.1, -0.05) is 29.8 Å². The zero-order valence-electron chi connectivity index (χ0n) is 11.5. The van der Waals surface area contributed by atoms with Crippen LogP contribution in [-0.4, -0.2) is 7.05 Å². The molecule has 0 saturated carbocycles. The van der Waals surface area contributed by atoms with Gasteiger partial charge in [0.05, 0.1) is 0 Å². The second-order valence-corrected chi connectivity index (χ2v) is 5.01. The summed E-state index contributed by atoms with van der Waals surface area (Å²) in [6, 6.07) is 12.1. The van der Waals surface area contributed by atoms with Gasteiger partial charge in [0.25, 0.3) is 0 Å². The van der Waals surface area contributed by atoms with Crippen molar-refractivity contribution >= 4 is 11.6 Å². The molecule has 1 atom stereocenters. The Morgan fingerprint density at radius 3 is 2.70 bits per heavy atom. The molecule has 20 heavy (non-hydrogen) atoms. The average Bonchev–Trinajstić information content (AvgIpc) is 2.46. The summed E-state index contributed by atoms with van der Waals surface area (Å²) < 4.78 is 19.3. The fraction of sp³-hybridized carbons (Fsp3) is 0.250. The largest absolute Gasteiger partial charge is 0.488 e. The van der Waals surface area contributed by atoms with E-state index in [2.05, 4.69) is 5.32 Å². The van der Waals surface area contributed by atoms with Gasteiger partial charge in [-0.3, -0.25) is 0 Å². The summed E-state index contributed by atoms with van der Waals surface area (Å²) in [6.07, 6.45) is 0. The topological polar surface area (TPSA) is 21.3 Å². The first kappa shape index (κ1) is 14.8. The molecule has 106 valence electrons. The molecule has 0 amide bonds. The van der Waals surface area contributed by atoms with Crippen molar-refractivity contribution in [3.63, 3.8) is 0 Å². The maximum Gasteiger partial charge on any atom is 0.129 e. The number of ether oxygens (including phenoxy) is 1. The van der Waals surface area contributed by atoms with Crippen LogP contribution in [-0.2, 0) is 6.61 Å². The molecule has 1 unspecified atom stereocenters.